The average molecular weight is 255 g/mol. The molecule has 1 saturated heterocycles. The van der Waals surface area contributed by atoms with Gasteiger partial charge in [0, 0.05) is 13.1 Å². The number of aromatic nitrogens is 2. The summed E-state index contributed by atoms with van der Waals surface area (Å²) >= 11 is 0. The Morgan fingerprint density at radius 1 is 1.26 bits per heavy atom. The lowest BCUT2D eigenvalue weighted by Crippen LogP contribution is -2.41. The second-order valence-corrected chi connectivity index (χ2v) is 4.65. The summed E-state index contributed by atoms with van der Waals surface area (Å²) in [4.78, 5) is 22.8. The van der Waals surface area contributed by atoms with Crippen molar-refractivity contribution in [1.82, 2.24) is 14.9 Å². The molecule has 0 atom stereocenters. The normalized spacial score (nSPS) is 15.7. The third-order valence-corrected chi connectivity index (χ3v) is 3.22. The maximum Gasteiger partial charge on any atom is 0.274 e. The molecule has 5 nitrogen and oxygen atoms in total. The lowest BCUT2D eigenvalue weighted by atomic mass is 9.96. The van der Waals surface area contributed by atoms with Gasteiger partial charge in [-0.15, -0.1) is 0 Å². The highest BCUT2D eigenvalue weighted by atomic mass is 16.5. The Morgan fingerprint density at radius 2 is 2.05 bits per heavy atom. The van der Waals surface area contributed by atoms with Gasteiger partial charge in [-0.25, -0.2) is 4.98 Å². The van der Waals surface area contributed by atoms with Gasteiger partial charge in [-0.05, 0) is 12.1 Å². The summed E-state index contributed by atoms with van der Waals surface area (Å²) in [6.45, 7) is 2.41. The Kier molecular flexibility index (Phi) is 3.17. The minimum Gasteiger partial charge on any atom is -0.378 e. The number of hydrogen-bond acceptors (Lipinski definition) is 4. The number of nitrogens with zero attached hydrogens (tertiary/aromatic N) is 3. The van der Waals surface area contributed by atoms with Crippen molar-refractivity contribution in [2.45, 2.75) is 0 Å². The average Bonchev–Trinajstić information content (AvgIpc) is 2.46. The van der Waals surface area contributed by atoms with Crippen LogP contribution in [0.5, 0.6) is 0 Å². The van der Waals surface area contributed by atoms with Crippen LogP contribution in [0.4, 0.5) is 0 Å². The van der Waals surface area contributed by atoms with E-state index in [1.54, 1.807) is 11.1 Å². The van der Waals surface area contributed by atoms with E-state index < -0.39 is 0 Å². The van der Waals surface area contributed by atoms with Gasteiger partial charge in [0.15, 0.2) is 0 Å². The molecule has 1 aromatic heterocycles. The molecule has 0 bridgehead atoms. The van der Waals surface area contributed by atoms with Crippen LogP contribution in [0, 0.1) is 0 Å². The summed E-state index contributed by atoms with van der Waals surface area (Å²) in [5, 5.41) is 0. The molecule has 3 rings (SSSR count). The zero-order valence-electron chi connectivity index (χ0n) is 10.8. The molecule has 6 heteroatoms. The van der Waals surface area contributed by atoms with E-state index in [9.17, 15) is 4.79 Å². The molecule has 0 saturated carbocycles. The van der Waals surface area contributed by atoms with Crippen LogP contribution in [0.25, 0.3) is 11.0 Å². The number of fused-ring (bicyclic) bond motifs is 1. The second-order valence-electron chi connectivity index (χ2n) is 4.65. The van der Waals surface area contributed by atoms with E-state index in [1.165, 1.54) is 0 Å². The molecule has 2 heterocycles. The van der Waals surface area contributed by atoms with Crippen LogP contribution >= 0.6 is 0 Å². The van der Waals surface area contributed by atoms with Gasteiger partial charge in [-0.2, -0.15) is 0 Å². The number of rotatable bonds is 1. The zero-order valence-corrected chi connectivity index (χ0v) is 10.8. The number of benzene rings is 1. The van der Waals surface area contributed by atoms with Crippen LogP contribution in [-0.4, -0.2) is 54.9 Å². The van der Waals surface area contributed by atoms with Crippen molar-refractivity contribution in [2.75, 3.05) is 26.3 Å². The molecule has 19 heavy (non-hydrogen) atoms. The molecule has 1 aromatic carbocycles. The quantitative estimate of drug-likeness (QED) is 0.636. The predicted molar refractivity (Wildman–Crippen MR) is 74.4 cm³/mol. The maximum atomic E-state index is 12.3. The van der Waals surface area contributed by atoms with Gasteiger partial charge in [0.05, 0.1) is 30.4 Å². The number of hydrogen-bond donors (Lipinski definition) is 0. The number of carbonyl (C=O) groups is 1. The first-order chi connectivity index (χ1) is 9.24. The first-order valence-corrected chi connectivity index (χ1v) is 6.34. The van der Waals surface area contributed by atoms with E-state index in [-0.39, 0.29) is 5.91 Å². The Hall–Kier alpha value is -1.95. The molecule has 1 aliphatic rings. The van der Waals surface area contributed by atoms with E-state index in [4.69, 9.17) is 4.74 Å². The van der Waals surface area contributed by atoms with Crippen molar-refractivity contribution in [1.29, 1.82) is 0 Å². The second kappa shape index (κ2) is 4.97. The van der Waals surface area contributed by atoms with Crippen LogP contribution < -0.4 is 5.46 Å². The van der Waals surface area contributed by atoms with Gasteiger partial charge in [-0.1, -0.05) is 11.5 Å². The largest absolute Gasteiger partial charge is 0.378 e. The third-order valence-electron chi connectivity index (χ3n) is 3.22. The molecule has 0 unspecified atom stereocenters. The molecule has 2 aromatic rings. The minimum absolute atomic E-state index is 0.0702. The van der Waals surface area contributed by atoms with Crippen LogP contribution in [0.1, 0.15) is 10.5 Å². The lowest BCUT2D eigenvalue weighted by Gasteiger charge is -2.26. The fourth-order valence-corrected chi connectivity index (χ4v) is 2.15. The lowest BCUT2D eigenvalue weighted by molar-refractivity contribution is 0.0299. The Balaban J connectivity index is 1.93. The molecule has 1 aliphatic heterocycles. The van der Waals surface area contributed by atoms with E-state index in [1.807, 2.05) is 26.0 Å². The molecule has 1 amide bonds. The summed E-state index contributed by atoms with van der Waals surface area (Å²) in [5.41, 5.74) is 3.08. The van der Waals surface area contributed by atoms with E-state index in [2.05, 4.69) is 9.97 Å². The van der Waals surface area contributed by atoms with Crippen molar-refractivity contribution < 1.29 is 9.53 Å². The van der Waals surface area contributed by atoms with Crippen molar-refractivity contribution in [2.24, 2.45) is 0 Å². The molecule has 0 aliphatic carbocycles. The summed E-state index contributed by atoms with van der Waals surface area (Å²) in [5.74, 6) is -0.0702. The number of ether oxygens (including phenoxy) is 1. The van der Waals surface area contributed by atoms with Crippen LogP contribution in [0.2, 0.25) is 0 Å². The number of carbonyl (C=O) groups excluding carboxylic acids is 1. The van der Waals surface area contributed by atoms with E-state index >= 15 is 0 Å². The summed E-state index contributed by atoms with van der Waals surface area (Å²) in [7, 11) is 2.00. The zero-order chi connectivity index (χ0) is 13.2. The van der Waals surface area contributed by atoms with E-state index in [0.717, 1.165) is 16.5 Å². The first kappa shape index (κ1) is 12.1. The summed E-state index contributed by atoms with van der Waals surface area (Å²) < 4.78 is 5.24. The molecule has 0 radical (unpaired) electrons. The first-order valence-electron chi connectivity index (χ1n) is 6.34. The highest BCUT2D eigenvalue weighted by molar-refractivity contribution is 6.33. The van der Waals surface area contributed by atoms with Gasteiger partial charge < -0.3 is 9.64 Å². The SMILES string of the molecule is Bc1ccc2ncc(C(=O)N3CCOCC3)nc2c1. The molecule has 1 fully saturated rings. The number of morpholine rings is 1. The third kappa shape index (κ3) is 2.44. The van der Waals surface area contributed by atoms with Crippen LogP contribution in [-0.2, 0) is 4.74 Å². The summed E-state index contributed by atoms with van der Waals surface area (Å²) in [6.07, 6.45) is 1.55. The molecule has 96 valence electrons. The Labute approximate surface area is 112 Å². The van der Waals surface area contributed by atoms with Crippen molar-refractivity contribution in [3.05, 3.63) is 30.1 Å². The monoisotopic (exact) mass is 255 g/mol. The Bertz CT molecular complexity index is 626. The predicted octanol–water partition coefficient (Wildman–Crippen LogP) is -0.639. The molecular formula is C13H14BN3O2. The smallest absolute Gasteiger partial charge is 0.274 e. The van der Waals surface area contributed by atoms with E-state index in [0.29, 0.717) is 32.0 Å². The van der Waals surface area contributed by atoms with Crippen molar-refractivity contribution in [3.8, 4) is 0 Å². The molecule has 0 N–H and O–H groups in total. The Morgan fingerprint density at radius 3 is 2.84 bits per heavy atom. The highest BCUT2D eigenvalue weighted by Gasteiger charge is 2.20. The maximum absolute atomic E-state index is 12.3. The van der Waals surface area contributed by atoms with Crippen LogP contribution in [0.3, 0.4) is 0 Å². The topological polar surface area (TPSA) is 55.3 Å². The van der Waals surface area contributed by atoms with Gasteiger partial charge in [0.1, 0.15) is 13.5 Å². The van der Waals surface area contributed by atoms with Gasteiger partial charge >= 0.3 is 0 Å². The fraction of sp³-hybridized carbons (Fsp3) is 0.308. The number of amides is 1. The van der Waals surface area contributed by atoms with Crippen molar-refractivity contribution in [3.63, 3.8) is 0 Å². The van der Waals surface area contributed by atoms with Gasteiger partial charge in [0.25, 0.3) is 5.91 Å². The fourth-order valence-electron chi connectivity index (χ4n) is 2.15. The van der Waals surface area contributed by atoms with Gasteiger partial charge in [-0.3, -0.25) is 9.78 Å². The standard InChI is InChI=1S/C13H14BN3O2/c14-9-1-2-10-11(7-9)16-12(8-15-10)13(18)17-3-5-19-6-4-17/h1-2,7-8H,3-6,14H2. The highest BCUT2D eigenvalue weighted by Crippen LogP contribution is 2.10. The summed E-state index contributed by atoms with van der Waals surface area (Å²) in [6, 6.07) is 5.85. The van der Waals surface area contributed by atoms with Crippen LogP contribution in [0.15, 0.2) is 24.4 Å². The van der Waals surface area contributed by atoms with Crippen molar-refractivity contribution >= 4 is 30.2 Å². The van der Waals surface area contributed by atoms with Gasteiger partial charge in [0.2, 0.25) is 0 Å². The molecular weight excluding hydrogens is 241 g/mol. The minimum atomic E-state index is -0.0702. The molecule has 0 spiro atoms.